The lowest BCUT2D eigenvalue weighted by Crippen LogP contribution is -2.05. The van der Waals surface area contributed by atoms with Gasteiger partial charge in [-0.25, -0.2) is 0 Å². The first kappa shape index (κ1) is 14.4. The van der Waals surface area contributed by atoms with Gasteiger partial charge in [0.1, 0.15) is 0 Å². The van der Waals surface area contributed by atoms with Gasteiger partial charge in [-0.1, -0.05) is 24.3 Å². The molecule has 106 valence electrons. The normalized spacial score (nSPS) is 12.4. The van der Waals surface area contributed by atoms with E-state index in [4.69, 9.17) is 4.74 Å². The van der Waals surface area contributed by atoms with Gasteiger partial charge in [0.15, 0.2) is 12.0 Å². The summed E-state index contributed by atoms with van der Waals surface area (Å²) in [5.74, 6) is 0. The molecule has 1 unspecified atom stereocenters. The molecule has 0 spiro atoms. The first-order valence-corrected chi connectivity index (χ1v) is 6.24. The number of hydrogen-bond donors (Lipinski definition) is 1. The van der Waals surface area contributed by atoms with Crippen molar-refractivity contribution >= 4 is 5.69 Å². The molecule has 1 N–H and O–H groups in total. The van der Waals surface area contributed by atoms with E-state index in [1.54, 1.807) is 23.7 Å². The average molecular weight is 275 g/mol. The lowest BCUT2D eigenvalue weighted by atomic mass is 10.1. The second kappa shape index (κ2) is 5.94. The summed E-state index contributed by atoms with van der Waals surface area (Å²) in [5, 5.41) is 16.8. The van der Waals surface area contributed by atoms with Gasteiger partial charge in [-0.3, -0.25) is 4.68 Å². The van der Waals surface area contributed by atoms with Crippen LogP contribution in [0.3, 0.4) is 0 Å². The third-order valence-electron chi connectivity index (χ3n) is 3.26. The molecule has 0 bridgehead atoms. The molecule has 6 nitrogen and oxygen atoms in total. The largest absolute Gasteiger partial charge is 0.364 e. The summed E-state index contributed by atoms with van der Waals surface area (Å²) in [5.41, 5.74) is 3.49. The van der Waals surface area contributed by atoms with Gasteiger partial charge in [-0.05, 0) is 24.6 Å². The van der Waals surface area contributed by atoms with Crippen LogP contribution in [0.4, 0.5) is 5.69 Å². The molecule has 2 rings (SSSR count). The number of aryl methyl sites for hydroxylation is 1. The highest BCUT2D eigenvalue weighted by Crippen LogP contribution is 2.23. The minimum atomic E-state index is -0.913. The van der Waals surface area contributed by atoms with E-state index in [0.29, 0.717) is 23.5 Å². The van der Waals surface area contributed by atoms with Crippen molar-refractivity contribution in [1.29, 1.82) is 0 Å². The topological polar surface area (TPSA) is 76.7 Å². The quantitative estimate of drug-likeness (QED) is 0.672. The molecule has 1 atom stereocenters. The molecule has 0 aliphatic carbocycles. The fraction of sp³-hybridized carbons (Fsp3) is 0.357. The molecule has 0 radical (unpaired) electrons. The van der Waals surface area contributed by atoms with E-state index >= 15 is 0 Å². The zero-order valence-electron chi connectivity index (χ0n) is 11.7. The third-order valence-corrected chi connectivity index (χ3v) is 3.26. The van der Waals surface area contributed by atoms with Crippen LogP contribution in [0.1, 0.15) is 28.8 Å². The van der Waals surface area contributed by atoms with Gasteiger partial charge in [0, 0.05) is 12.7 Å². The standard InChI is InChI=1S/C14H17N3O3/c1-9-13(16-19)10(2)17(15-9)8-11-4-6-12(7-5-11)14(18)20-3/h4-7,14,18H,8H2,1-3H3. The first-order chi connectivity index (χ1) is 9.56. The van der Waals surface area contributed by atoms with Gasteiger partial charge in [0.2, 0.25) is 0 Å². The lowest BCUT2D eigenvalue weighted by molar-refractivity contribution is -0.0769. The number of methoxy groups -OCH3 is 1. The van der Waals surface area contributed by atoms with E-state index in [1.165, 1.54) is 7.11 Å². The zero-order valence-corrected chi connectivity index (χ0v) is 11.7. The number of aromatic nitrogens is 2. The van der Waals surface area contributed by atoms with Crippen molar-refractivity contribution in [3.05, 3.63) is 51.7 Å². The lowest BCUT2D eigenvalue weighted by Gasteiger charge is -2.10. The number of aliphatic hydroxyl groups is 1. The van der Waals surface area contributed by atoms with E-state index in [1.807, 2.05) is 19.1 Å². The van der Waals surface area contributed by atoms with Crippen molar-refractivity contribution in [2.45, 2.75) is 26.7 Å². The van der Waals surface area contributed by atoms with Crippen LogP contribution < -0.4 is 0 Å². The Bertz CT molecular complexity index is 605. The molecule has 20 heavy (non-hydrogen) atoms. The maximum Gasteiger partial charge on any atom is 0.180 e. The maximum atomic E-state index is 10.7. The van der Waals surface area contributed by atoms with Gasteiger partial charge in [-0.15, -0.1) is 4.91 Å². The van der Waals surface area contributed by atoms with E-state index < -0.39 is 6.29 Å². The first-order valence-electron chi connectivity index (χ1n) is 6.24. The van der Waals surface area contributed by atoms with Crippen LogP contribution in [0.25, 0.3) is 0 Å². The minimum Gasteiger partial charge on any atom is -0.364 e. The molecule has 0 saturated carbocycles. The summed E-state index contributed by atoms with van der Waals surface area (Å²) in [6, 6.07) is 7.38. The Morgan fingerprint density at radius 1 is 1.35 bits per heavy atom. The van der Waals surface area contributed by atoms with Crippen LogP contribution in [0.15, 0.2) is 29.4 Å². The molecular formula is C14H17N3O3. The molecule has 0 aliphatic heterocycles. The van der Waals surface area contributed by atoms with Crippen molar-refractivity contribution in [2.24, 2.45) is 5.18 Å². The van der Waals surface area contributed by atoms with Crippen molar-refractivity contribution in [1.82, 2.24) is 9.78 Å². The third kappa shape index (κ3) is 2.76. The number of ether oxygens (including phenoxy) is 1. The Hall–Kier alpha value is -2.05. The van der Waals surface area contributed by atoms with Crippen LogP contribution >= 0.6 is 0 Å². The van der Waals surface area contributed by atoms with Crippen LogP contribution in [0.5, 0.6) is 0 Å². The van der Waals surface area contributed by atoms with E-state index in [9.17, 15) is 10.0 Å². The monoisotopic (exact) mass is 275 g/mol. The molecular weight excluding hydrogens is 258 g/mol. The SMILES string of the molecule is COC(O)c1ccc(Cn2nc(C)c(N=O)c2C)cc1. The van der Waals surface area contributed by atoms with Gasteiger partial charge in [0.25, 0.3) is 0 Å². The molecule has 1 aromatic carbocycles. The Labute approximate surface area is 117 Å². The van der Waals surface area contributed by atoms with Gasteiger partial charge >= 0.3 is 0 Å². The maximum absolute atomic E-state index is 10.7. The highest BCUT2D eigenvalue weighted by molar-refractivity contribution is 5.46. The van der Waals surface area contributed by atoms with Crippen molar-refractivity contribution in [3.63, 3.8) is 0 Å². The highest BCUT2D eigenvalue weighted by atomic mass is 16.6. The molecule has 0 saturated heterocycles. The summed E-state index contributed by atoms with van der Waals surface area (Å²) >= 11 is 0. The van der Waals surface area contributed by atoms with Gasteiger partial charge < -0.3 is 9.84 Å². The van der Waals surface area contributed by atoms with E-state index in [-0.39, 0.29) is 0 Å². The summed E-state index contributed by atoms with van der Waals surface area (Å²) in [6.45, 7) is 4.13. The summed E-state index contributed by atoms with van der Waals surface area (Å²) in [7, 11) is 1.45. The number of benzene rings is 1. The summed E-state index contributed by atoms with van der Waals surface area (Å²) < 4.78 is 6.58. The predicted octanol–water partition coefficient (Wildman–Crippen LogP) is 2.58. The van der Waals surface area contributed by atoms with Crippen LogP contribution in [0, 0.1) is 18.8 Å². The molecule has 0 aliphatic rings. The highest BCUT2D eigenvalue weighted by Gasteiger charge is 2.12. The molecule has 2 aromatic rings. The average Bonchev–Trinajstić information content (AvgIpc) is 2.73. The zero-order chi connectivity index (χ0) is 14.7. The van der Waals surface area contributed by atoms with Crippen molar-refractivity contribution < 1.29 is 9.84 Å². The number of aliphatic hydroxyl groups excluding tert-OH is 1. The second-order valence-corrected chi connectivity index (χ2v) is 4.60. The fourth-order valence-electron chi connectivity index (χ4n) is 2.07. The van der Waals surface area contributed by atoms with Crippen molar-refractivity contribution in [3.8, 4) is 0 Å². The van der Waals surface area contributed by atoms with Crippen LogP contribution in [0.2, 0.25) is 0 Å². The summed E-state index contributed by atoms with van der Waals surface area (Å²) in [6.07, 6.45) is -0.913. The number of nitrogens with zero attached hydrogens (tertiary/aromatic N) is 3. The van der Waals surface area contributed by atoms with Crippen LogP contribution in [-0.2, 0) is 11.3 Å². The number of hydrogen-bond acceptors (Lipinski definition) is 5. The number of rotatable bonds is 5. The molecule has 1 heterocycles. The second-order valence-electron chi connectivity index (χ2n) is 4.60. The Balaban J connectivity index is 2.20. The Morgan fingerprint density at radius 2 is 2.00 bits per heavy atom. The minimum absolute atomic E-state index is 0.399. The summed E-state index contributed by atoms with van der Waals surface area (Å²) in [4.78, 5) is 10.7. The molecule has 0 fully saturated rings. The van der Waals surface area contributed by atoms with Crippen molar-refractivity contribution in [2.75, 3.05) is 7.11 Å². The Morgan fingerprint density at radius 3 is 2.50 bits per heavy atom. The fourth-order valence-corrected chi connectivity index (χ4v) is 2.07. The number of nitroso groups, excluding NO2 is 1. The molecule has 0 amide bonds. The van der Waals surface area contributed by atoms with Gasteiger partial charge in [0.05, 0.1) is 17.9 Å². The van der Waals surface area contributed by atoms with Gasteiger partial charge in [-0.2, -0.15) is 5.10 Å². The predicted molar refractivity (Wildman–Crippen MR) is 74.7 cm³/mol. The Kier molecular flexibility index (Phi) is 4.26. The smallest absolute Gasteiger partial charge is 0.180 e. The van der Waals surface area contributed by atoms with Crippen LogP contribution in [-0.4, -0.2) is 22.0 Å². The molecule has 1 aromatic heterocycles. The van der Waals surface area contributed by atoms with E-state index in [0.717, 1.165) is 11.3 Å². The molecule has 6 heteroatoms. The van der Waals surface area contributed by atoms with E-state index in [2.05, 4.69) is 10.3 Å².